The first-order valence-corrected chi connectivity index (χ1v) is 9.57. The fraction of sp³-hybridized carbons (Fsp3) is 0.650. The minimum Gasteiger partial charge on any atom is -0.376 e. The van der Waals surface area contributed by atoms with E-state index in [1.54, 1.807) is 0 Å². The van der Waals surface area contributed by atoms with Crippen LogP contribution in [0.2, 0.25) is 0 Å². The minimum absolute atomic E-state index is 0. The summed E-state index contributed by atoms with van der Waals surface area (Å²) in [7, 11) is 0. The van der Waals surface area contributed by atoms with Crippen LogP contribution in [-0.4, -0.2) is 54.6 Å². The maximum atomic E-state index is 6.22. The van der Waals surface area contributed by atoms with Crippen LogP contribution >= 0.6 is 24.0 Å². The molecular weight excluding hydrogens is 439 g/mol. The largest absolute Gasteiger partial charge is 0.376 e. The van der Waals surface area contributed by atoms with E-state index >= 15 is 0 Å². The van der Waals surface area contributed by atoms with Gasteiger partial charge in [0.2, 0.25) is 0 Å². The highest BCUT2D eigenvalue weighted by Gasteiger charge is 2.18. The molecule has 0 saturated carbocycles. The van der Waals surface area contributed by atoms with Crippen LogP contribution in [0.4, 0.5) is 0 Å². The number of morpholine rings is 1. The van der Waals surface area contributed by atoms with Gasteiger partial charge in [-0.25, -0.2) is 4.99 Å². The van der Waals surface area contributed by atoms with E-state index < -0.39 is 0 Å². The van der Waals surface area contributed by atoms with Gasteiger partial charge in [-0.2, -0.15) is 0 Å². The van der Waals surface area contributed by atoms with Crippen LogP contribution in [0.25, 0.3) is 0 Å². The second kappa shape index (κ2) is 10.5. The predicted octanol–water partition coefficient (Wildman–Crippen LogP) is 3.07. The zero-order valence-corrected chi connectivity index (χ0v) is 18.4. The van der Waals surface area contributed by atoms with Gasteiger partial charge in [0.05, 0.1) is 19.3 Å². The van der Waals surface area contributed by atoms with Gasteiger partial charge in [0, 0.05) is 32.7 Å². The number of likely N-dealkylation sites (tertiary alicyclic amines) is 1. The molecule has 0 spiro atoms. The zero-order chi connectivity index (χ0) is 17.6. The van der Waals surface area contributed by atoms with Crippen molar-refractivity contribution in [2.75, 3.05) is 32.8 Å². The molecular formula is C20H33IN4O. The molecule has 1 aromatic rings. The summed E-state index contributed by atoms with van der Waals surface area (Å²) in [5.74, 6) is 1.40. The first kappa shape index (κ1) is 21.4. The van der Waals surface area contributed by atoms with E-state index in [0.29, 0.717) is 24.5 Å². The molecule has 2 atom stereocenters. The van der Waals surface area contributed by atoms with Crippen LogP contribution in [0.3, 0.4) is 0 Å². The summed E-state index contributed by atoms with van der Waals surface area (Å²) < 4.78 is 5.62. The van der Waals surface area contributed by atoms with E-state index in [2.05, 4.69) is 52.9 Å². The lowest BCUT2D eigenvalue weighted by molar-refractivity contribution is -0.0212. The van der Waals surface area contributed by atoms with Gasteiger partial charge < -0.3 is 15.4 Å². The van der Waals surface area contributed by atoms with Crippen LogP contribution in [0.1, 0.15) is 37.8 Å². The number of nitrogens with two attached hydrogens (primary N) is 1. The van der Waals surface area contributed by atoms with Gasteiger partial charge in [-0.05, 0) is 36.8 Å². The fourth-order valence-electron chi connectivity index (χ4n) is 3.79. The van der Waals surface area contributed by atoms with Gasteiger partial charge in [0.1, 0.15) is 0 Å². The molecule has 0 amide bonds. The van der Waals surface area contributed by atoms with Gasteiger partial charge in [-0.15, -0.1) is 24.0 Å². The van der Waals surface area contributed by atoms with E-state index in [0.717, 1.165) is 39.3 Å². The number of halogens is 1. The van der Waals surface area contributed by atoms with Gasteiger partial charge >= 0.3 is 0 Å². The fourth-order valence-corrected chi connectivity index (χ4v) is 3.79. The van der Waals surface area contributed by atoms with Crippen molar-refractivity contribution < 1.29 is 4.74 Å². The van der Waals surface area contributed by atoms with E-state index in [9.17, 15) is 0 Å². The number of benzene rings is 1. The van der Waals surface area contributed by atoms with Gasteiger partial charge in [-0.1, -0.05) is 31.2 Å². The minimum atomic E-state index is 0. The predicted molar refractivity (Wildman–Crippen MR) is 118 cm³/mol. The molecule has 5 nitrogen and oxygen atoms in total. The van der Waals surface area contributed by atoms with Gasteiger partial charge in [-0.3, -0.25) is 4.90 Å². The first-order chi connectivity index (χ1) is 12.1. The molecule has 2 fully saturated rings. The summed E-state index contributed by atoms with van der Waals surface area (Å²) in [6, 6.07) is 8.73. The summed E-state index contributed by atoms with van der Waals surface area (Å²) in [6.07, 6.45) is 2.84. The smallest absolute Gasteiger partial charge is 0.191 e. The molecule has 2 aliphatic rings. The molecule has 0 radical (unpaired) electrons. The molecule has 146 valence electrons. The van der Waals surface area contributed by atoms with Crippen LogP contribution < -0.4 is 5.73 Å². The van der Waals surface area contributed by atoms with Crippen LogP contribution in [0.5, 0.6) is 0 Å². The molecule has 0 aliphatic carbocycles. The van der Waals surface area contributed by atoms with Crippen molar-refractivity contribution >= 4 is 29.9 Å². The lowest BCUT2D eigenvalue weighted by Crippen LogP contribution is -2.43. The van der Waals surface area contributed by atoms with Crippen LogP contribution in [0.15, 0.2) is 29.3 Å². The van der Waals surface area contributed by atoms with Crippen molar-refractivity contribution in [1.29, 1.82) is 0 Å². The first-order valence-electron chi connectivity index (χ1n) is 9.57. The average Bonchev–Trinajstić information content (AvgIpc) is 2.60. The van der Waals surface area contributed by atoms with Crippen molar-refractivity contribution in [3.8, 4) is 0 Å². The number of piperidine rings is 1. The van der Waals surface area contributed by atoms with Crippen molar-refractivity contribution in [2.45, 2.75) is 45.9 Å². The Hall–Kier alpha value is -0.860. The molecule has 2 heterocycles. The third-order valence-electron chi connectivity index (χ3n) is 5.13. The quantitative estimate of drug-likeness (QED) is 0.416. The van der Waals surface area contributed by atoms with Crippen molar-refractivity contribution in [2.24, 2.45) is 16.6 Å². The topological polar surface area (TPSA) is 54.1 Å². The van der Waals surface area contributed by atoms with E-state index in [1.165, 1.54) is 24.0 Å². The number of rotatable bonds is 4. The SMILES string of the molecule is CC1CCCN(C(N)=NCc2cccc(CN3CCOC(C)C3)c2)C1.I. The van der Waals surface area contributed by atoms with Crippen molar-refractivity contribution in [3.63, 3.8) is 0 Å². The average molecular weight is 472 g/mol. The molecule has 2 saturated heterocycles. The molecule has 0 aromatic heterocycles. The standard InChI is InChI=1S/C20H32N4O.HI/c1-16-5-4-8-24(13-16)20(21)22-12-18-6-3-7-19(11-18)15-23-9-10-25-17(2)14-23;/h3,6-7,11,16-17H,4-5,8-10,12-15H2,1-2H3,(H2,21,22);1H. The highest BCUT2D eigenvalue weighted by atomic mass is 127. The third kappa shape index (κ3) is 6.39. The second-order valence-corrected chi connectivity index (χ2v) is 7.60. The number of hydrogen-bond donors (Lipinski definition) is 1. The number of hydrogen-bond acceptors (Lipinski definition) is 3. The lowest BCUT2D eigenvalue weighted by atomic mass is 10.0. The normalized spacial score (nSPS) is 25.0. The van der Waals surface area contributed by atoms with Gasteiger partial charge in [0.25, 0.3) is 0 Å². The summed E-state index contributed by atoms with van der Waals surface area (Å²) in [5, 5.41) is 0. The second-order valence-electron chi connectivity index (χ2n) is 7.60. The Kier molecular flexibility index (Phi) is 8.63. The monoisotopic (exact) mass is 472 g/mol. The molecule has 2 unspecified atom stereocenters. The summed E-state index contributed by atoms with van der Waals surface area (Å²) in [4.78, 5) is 9.33. The molecule has 2 aliphatic heterocycles. The Morgan fingerprint density at radius 2 is 2.04 bits per heavy atom. The van der Waals surface area contributed by atoms with Crippen molar-refractivity contribution in [1.82, 2.24) is 9.80 Å². The maximum Gasteiger partial charge on any atom is 0.191 e. The summed E-state index contributed by atoms with van der Waals surface area (Å²) in [5.41, 5.74) is 8.78. The number of guanidine groups is 1. The molecule has 3 rings (SSSR count). The van der Waals surface area contributed by atoms with E-state index in [-0.39, 0.29) is 24.0 Å². The Morgan fingerprint density at radius 3 is 2.81 bits per heavy atom. The Bertz CT molecular complexity index is 595. The Morgan fingerprint density at radius 1 is 1.23 bits per heavy atom. The lowest BCUT2D eigenvalue weighted by Gasteiger charge is -2.31. The summed E-state index contributed by atoms with van der Waals surface area (Å²) in [6.45, 7) is 11.0. The zero-order valence-electron chi connectivity index (χ0n) is 16.1. The number of aliphatic imine (C=N–C) groups is 1. The molecule has 6 heteroatoms. The maximum absolute atomic E-state index is 6.22. The third-order valence-corrected chi connectivity index (χ3v) is 5.13. The molecule has 0 bridgehead atoms. The number of ether oxygens (including phenoxy) is 1. The highest BCUT2D eigenvalue weighted by Crippen LogP contribution is 2.16. The number of nitrogens with zero attached hydrogens (tertiary/aromatic N) is 3. The molecule has 2 N–H and O–H groups in total. The molecule has 26 heavy (non-hydrogen) atoms. The van der Waals surface area contributed by atoms with Gasteiger partial charge in [0.15, 0.2) is 5.96 Å². The highest BCUT2D eigenvalue weighted by molar-refractivity contribution is 14.0. The van der Waals surface area contributed by atoms with E-state index in [4.69, 9.17) is 10.5 Å². The molecule has 1 aromatic carbocycles. The van der Waals surface area contributed by atoms with Crippen molar-refractivity contribution in [3.05, 3.63) is 35.4 Å². The Labute approximate surface area is 175 Å². The van der Waals surface area contributed by atoms with E-state index in [1.807, 2.05) is 0 Å². The van der Waals surface area contributed by atoms with Crippen LogP contribution in [-0.2, 0) is 17.8 Å². The summed E-state index contributed by atoms with van der Waals surface area (Å²) >= 11 is 0. The Balaban J connectivity index is 0.00000243. The van der Waals surface area contributed by atoms with Crippen LogP contribution in [0, 0.1) is 5.92 Å².